The van der Waals surface area contributed by atoms with Gasteiger partial charge >= 0.3 is 6.18 Å². The summed E-state index contributed by atoms with van der Waals surface area (Å²) < 4.78 is 60.5. The van der Waals surface area contributed by atoms with Gasteiger partial charge in [0.25, 0.3) is 0 Å². The molecule has 2 aromatic carbocycles. The third-order valence-corrected chi connectivity index (χ3v) is 4.85. The number of imidazole rings is 1. The zero-order valence-corrected chi connectivity index (χ0v) is 17.6. The molecule has 4 aromatic rings. The number of nitrogens with zero attached hydrogens (tertiary/aromatic N) is 3. The number of hydrogen-bond acceptors (Lipinski definition) is 5. The van der Waals surface area contributed by atoms with Gasteiger partial charge in [0.15, 0.2) is 0 Å². The van der Waals surface area contributed by atoms with Crippen molar-refractivity contribution in [1.82, 2.24) is 14.5 Å². The normalized spacial score (nSPS) is 11.6. The highest BCUT2D eigenvalue weighted by atomic mass is 19.4. The predicted octanol–water partition coefficient (Wildman–Crippen LogP) is 5.79. The van der Waals surface area contributed by atoms with E-state index in [2.05, 4.69) is 15.3 Å². The van der Waals surface area contributed by atoms with Gasteiger partial charge in [0.05, 0.1) is 28.0 Å². The lowest BCUT2D eigenvalue weighted by atomic mass is 10.2. The van der Waals surface area contributed by atoms with Gasteiger partial charge in [-0.05, 0) is 43.3 Å². The Kier molecular flexibility index (Phi) is 5.75. The average molecular weight is 458 g/mol. The molecule has 33 heavy (non-hydrogen) atoms. The molecule has 0 saturated carbocycles. The number of fused-ring (bicyclic) bond motifs is 1. The van der Waals surface area contributed by atoms with E-state index in [-0.39, 0.29) is 23.8 Å². The first-order chi connectivity index (χ1) is 15.6. The first kappa shape index (κ1) is 22.3. The molecule has 0 aliphatic rings. The van der Waals surface area contributed by atoms with Crippen LogP contribution in [0.25, 0.3) is 11.0 Å². The van der Waals surface area contributed by atoms with E-state index >= 15 is 0 Å². The highest BCUT2D eigenvalue weighted by molar-refractivity contribution is 5.81. The van der Waals surface area contributed by atoms with Gasteiger partial charge in [0, 0.05) is 31.8 Å². The van der Waals surface area contributed by atoms with E-state index in [1.165, 1.54) is 6.92 Å². The van der Waals surface area contributed by atoms with E-state index in [0.717, 1.165) is 6.07 Å². The Balaban J connectivity index is 1.61. The van der Waals surface area contributed by atoms with Crippen LogP contribution in [0.5, 0.6) is 11.5 Å². The number of ketones is 1. The minimum Gasteiger partial charge on any atom is -0.457 e. The number of ether oxygens (including phenoxy) is 1. The number of carbonyl (C=O) groups excluding carboxylic acids is 1. The van der Waals surface area contributed by atoms with Crippen LogP contribution in [0.1, 0.15) is 18.2 Å². The van der Waals surface area contributed by atoms with Gasteiger partial charge in [-0.25, -0.2) is 9.37 Å². The molecule has 0 fully saturated rings. The number of rotatable bonds is 6. The summed E-state index contributed by atoms with van der Waals surface area (Å²) in [5.41, 5.74) is 0.414. The van der Waals surface area contributed by atoms with Gasteiger partial charge in [0.1, 0.15) is 23.1 Å². The van der Waals surface area contributed by atoms with E-state index in [1.807, 2.05) is 0 Å². The molecule has 0 unspecified atom stereocenters. The number of carbonyl (C=O) groups is 1. The van der Waals surface area contributed by atoms with Gasteiger partial charge in [-0.1, -0.05) is 0 Å². The number of benzene rings is 2. The molecule has 0 amide bonds. The third-order valence-electron chi connectivity index (χ3n) is 4.85. The van der Waals surface area contributed by atoms with Gasteiger partial charge in [-0.3, -0.25) is 9.78 Å². The maximum absolute atomic E-state index is 14.1. The zero-order chi connectivity index (χ0) is 23.8. The Labute approximate surface area is 185 Å². The lowest BCUT2D eigenvalue weighted by Gasteiger charge is -2.11. The second-order valence-electron chi connectivity index (χ2n) is 7.43. The smallest absolute Gasteiger partial charge is 0.416 e. The standard InChI is InChI=1S/C23H18F4N4O2/c1-13(32)9-15-11-17(7-8-28-15)33-16-4-6-21-20(12-16)30-22(31(21)2)29-19-10-14(23(25,26)27)3-5-18(19)24/h3-8,10-12H,9H2,1-2H3,(H,29,30). The Hall–Kier alpha value is -3.95. The maximum Gasteiger partial charge on any atom is 0.416 e. The van der Waals surface area contributed by atoms with Crippen LogP contribution in [0.2, 0.25) is 0 Å². The molecule has 6 nitrogen and oxygen atoms in total. The Morgan fingerprint density at radius 3 is 2.58 bits per heavy atom. The van der Waals surface area contributed by atoms with Crippen molar-refractivity contribution in [3.8, 4) is 11.5 Å². The van der Waals surface area contributed by atoms with Crippen molar-refractivity contribution in [1.29, 1.82) is 0 Å². The monoisotopic (exact) mass is 458 g/mol. The molecule has 0 bridgehead atoms. The second kappa shape index (κ2) is 8.53. The fraction of sp³-hybridized carbons (Fsp3) is 0.174. The van der Waals surface area contributed by atoms with E-state index in [4.69, 9.17) is 4.74 Å². The van der Waals surface area contributed by atoms with Crippen molar-refractivity contribution >= 4 is 28.5 Å². The molecule has 0 spiro atoms. The summed E-state index contributed by atoms with van der Waals surface area (Å²) in [5.74, 6) is 0.247. The number of alkyl halides is 3. The predicted molar refractivity (Wildman–Crippen MR) is 114 cm³/mol. The number of aromatic nitrogens is 3. The molecule has 1 N–H and O–H groups in total. The second-order valence-corrected chi connectivity index (χ2v) is 7.43. The van der Waals surface area contributed by atoms with Crippen molar-refractivity contribution in [3.63, 3.8) is 0 Å². The summed E-state index contributed by atoms with van der Waals surface area (Å²) in [6.45, 7) is 1.47. The number of hydrogen-bond donors (Lipinski definition) is 1. The highest BCUT2D eigenvalue weighted by Gasteiger charge is 2.31. The van der Waals surface area contributed by atoms with Crippen LogP contribution < -0.4 is 10.1 Å². The van der Waals surface area contributed by atoms with Crippen LogP contribution in [-0.2, 0) is 24.4 Å². The summed E-state index contributed by atoms with van der Waals surface area (Å²) in [7, 11) is 1.65. The van der Waals surface area contributed by atoms with Crippen LogP contribution in [0, 0.1) is 5.82 Å². The number of pyridine rings is 1. The van der Waals surface area contributed by atoms with Crippen molar-refractivity contribution in [2.75, 3.05) is 5.32 Å². The molecule has 2 aromatic heterocycles. The molecule has 0 aliphatic carbocycles. The SMILES string of the molecule is CC(=O)Cc1cc(Oc2ccc3c(c2)nc(Nc2cc(C(F)(F)F)ccc2F)n3C)ccn1. The molecular weight excluding hydrogens is 440 g/mol. The van der Waals surface area contributed by atoms with E-state index in [1.54, 1.807) is 48.1 Å². The lowest BCUT2D eigenvalue weighted by Crippen LogP contribution is -2.07. The van der Waals surface area contributed by atoms with Crippen LogP contribution in [0.3, 0.4) is 0 Å². The van der Waals surface area contributed by atoms with Gasteiger partial charge < -0.3 is 14.6 Å². The molecule has 0 radical (unpaired) electrons. The number of aryl methyl sites for hydroxylation is 1. The molecule has 2 heterocycles. The van der Waals surface area contributed by atoms with Gasteiger partial charge in [-0.2, -0.15) is 13.2 Å². The summed E-state index contributed by atoms with van der Waals surface area (Å²) in [4.78, 5) is 19.8. The molecule has 0 saturated heterocycles. The summed E-state index contributed by atoms with van der Waals surface area (Å²) in [6.07, 6.45) is -2.86. The first-order valence-electron chi connectivity index (χ1n) is 9.82. The van der Waals surface area contributed by atoms with Crippen LogP contribution in [0.4, 0.5) is 29.2 Å². The lowest BCUT2D eigenvalue weighted by molar-refractivity contribution is -0.137. The molecule has 0 aliphatic heterocycles. The minimum absolute atomic E-state index is 0.0215. The highest BCUT2D eigenvalue weighted by Crippen LogP contribution is 2.33. The van der Waals surface area contributed by atoms with E-state index < -0.39 is 17.6 Å². The molecular formula is C23H18F4N4O2. The van der Waals surface area contributed by atoms with Gasteiger partial charge in [-0.15, -0.1) is 0 Å². The van der Waals surface area contributed by atoms with E-state index in [9.17, 15) is 22.4 Å². The van der Waals surface area contributed by atoms with Crippen LogP contribution >= 0.6 is 0 Å². The fourth-order valence-corrected chi connectivity index (χ4v) is 3.28. The molecule has 10 heteroatoms. The zero-order valence-electron chi connectivity index (χ0n) is 17.6. The number of anilines is 2. The van der Waals surface area contributed by atoms with Crippen LogP contribution in [-0.4, -0.2) is 20.3 Å². The number of halogens is 4. The summed E-state index contributed by atoms with van der Waals surface area (Å²) in [6, 6.07) is 10.5. The number of Topliss-reactive ketones (excluding diaryl/α,β-unsaturated/α-hetero) is 1. The fourth-order valence-electron chi connectivity index (χ4n) is 3.28. The Morgan fingerprint density at radius 1 is 1.09 bits per heavy atom. The quantitative estimate of drug-likeness (QED) is 0.370. The minimum atomic E-state index is -4.60. The average Bonchev–Trinajstić information content (AvgIpc) is 3.03. The Bertz CT molecular complexity index is 1350. The van der Waals surface area contributed by atoms with Crippen molar-refractivity contribution < 1.29 is 27.1 Å². The van der Waals surface area contributed by atoms with E-state index in [0.29, 0.717) is 40.4 Å². The van der Waals surface area contributed by atoms with Crippen LogP contribution in [0.15, 0.2) is 54.7 Å². The number of nitrogens with one attached hydrogen (secondary N) is 1. The largest absolute Gasteiger partial charge is 0.457 e. The molecule has 0 atom stereocenters. The summed E-state index contributed by atoms with van der Waals surface area (Å²) >= 11 is 0. The molecule has 4 rings (SSSR count). The Morgan fingerprint density at radius 2 is 1.85 bits per heavy atom. The first-order valence-corrected chi connectivity index (χ1v) is 9.82. The maximum atomic E-state index is 14.1. The van der Waals surface area contributed by atoms with Crippen molar-refractivity contribution in [2.45, 2.75) is 19.5 Å². The van der Waals surface area contributed by atoms with Crippen molar-refractivity contribution in [2.24, 2.45) is 7.05 Å². The van der Waals surface area contributed by atoms with Crippen molar-refractivity contribution in [3.05, 3.63) is 71.8 Å². The summed E-state index contributed by atoms with van der Waals surface area (Å²) in [5, 5.41) is 2.63. The van der Waals surface area contributed by atoms with Gasteiger partial charge in [0.2, 0.25) is 5.95 Å². The molecule has 170 valence electrons. The topological polar surface area (TPSA) is 69.0 Å². The third kappa shape index (κ3) is 4.94.